The van der Waals surface area contributed by atoms with E-state index in [0.717, 1.165) is 32.2 Å². The summed E-state index contributed by atoms with van der Waals surface area (Å²) >= 11 is 0. The standard InChI is InChI=1S/C15H25F2NO2.ClH/c1-20-14(19)12-4-2-11(3-5-12)10-18-13-6-8-15(16,17)9-7-13;/h11-13,18H,2-10H2,1H3;1H. The predicted octanol–water partition coefficient (Wildman–Crippen LogP) is 3.56. The number of halogens is 3. The zero-order valence-electron chi connectivity index (χ0n) is 12.6. The second-order valence-corrected chi connectivity index (χ2v) is 6.28. The summed E-state index contributed by atoms with van der Waals surface area (Å²) in [6, 6.07) is 0.243. The number of rotatable bonds is 4. The van der Waals surface area contributed by atoms with E-state index in [9.17, 15) is 13.6 Å². The van der Waals surface area contributed by atoms with Crippen molar-refractivity contribution in [1.82, 2.24) is 5.32 Å². The highest BCUT2D eigenvalue weighted by molar-refractivity contribution is 5.85. The Morgan fingerprint density at radius 3 is 2.24 bits per heavy atom. The van der Waals surface area contributed by atoms with Crippen molar-refractivity contribution in [2.75, 3.05) is 13.7 Å². The van der Waals surface area contributed by atoms with E-state index in [-0.39, 0.29) is 43.2 Å². The largest absolute Gasteiger partial charge is 0.469 e. The summed E-state index contributed by atoms with van der Waals surface area (Å²) in [5.41, 5.74) is 0. The summed E-state index contributed by atoms with van der Waals surface area (Å²) in [4.78, 5) is 11.4. The quantitative estimate of drug-likeness (QED) is 0.803. The fraction of sp³-hybridized carbons (Fsp3) is 0.933. The Bertz CT molecular complexity index is 324. The number of ether oxygens (including phenoxy) is 1. The van der Waals surface area contributed by atoms with Crippen LogP contribution < -0.4 is 5.32 Å². The summed E-state index contributed by atoms with van der Waals surface area (Å²) in [5, 5.41) is 3.44. The number of esters is 1. The molecule has 0 bridgehead atoms. The first-order chi connectivity index (χ1) is 9.50. The lowest BCUT2D eigenvalue weighted by Crippen LogP contribution is -2.40. The number of methoxy groups -OCH3 is 1. The van der Waals surface area contributed by atoms with Crippen LogP contribution in [0.1, 0.15) is 51.4 Å². The molecule has 3 nitrogen and oxygen atoms in total. The lowest BCUT2D eigenvalue weighted by atomic mass is 9.81. The van der Waals surface area contributed by atoms with Gasteiger partial charge < -0.3 is 10.1 Å². The first kappa shape index (κ1) is 18.6. The van der Waals surface area contributed by atoms with Gasteiger partial charge in [0.1, 0.15) is 0 Å². The van der Waals surface area contributed by atoms with Crippen molar-refractivity contribution in [1.29, 1.82) is 0 Å². The van der Waals surface area contributed by atoms with Gasteiger partial charge >= 0.3 is 5.97 Å². The predicted molar refractivity (Wildman–Crippen MR) is 79.9 cm³/mol. The van der Waals surface area contributed by atoms with Gasteiger partial charge in [0.15, 0.2) is 0 Å². The molecule has 0 aromatic rings. The molecule has 6 heteroatoms. The first-order valence-corrected chi connectivity index (χ1v) is 7.69. The summed E-state index contributed by atoms with van der Waals surface area (Å²) < 4.78 is 30.9. The number of alkyl halides is 2. The average molecular weight is 326 g/mol. The Labute approximate surface area is 131 Å². The first-order valence-electron chi connectivity index (χ1n) is 7.69. The maximum absolute atomic E-state index is 13.1. The second kappa shape index (κ2) is 8.28. The van der Waals surface area contributed by atoms with E-state index in [1.54, 1.807) is 0 Å². The van der Waals surface area contributed by atoms with Crippen LogP contribution in [0.15, 0.2) is 0 Å². The van der Waals surface area contributed by atoms with Gasteiger partial charge in [0.25, 0.3) is 0 Å². The molecule has 1 N–H and O–H groups in total. The highest BCUT2D eigenvalue weighted by Gasteiger charge is 2.35. The molecule has 2 fully saturated rings. The van der Waals surface area contributed by atoms with Crippen LogP contribution in [0.3, 0.4) is 0 Å². The number of carbonyl (C=O) groups excluding carboxylic acids is 1. The molecule has 0 aliphatic heterocycles. The van der Waals surface area contributed by atoms with Gasteiger partial charge in [0.2, 0.25) is 5.92 Å². The smallest absolute Gasteiger partial charge is 0.308 e. The van der Waals surface area contributed by atoms with E-state index in [2.05, 4.69) is 5.32 Å². The van der Waals surface area contributed by atoms with Crippen LogP contribution in [0.2, 0.25) is 0 Å². The van der Waals surface area contributed by atoms with E-state index in [0.29, 0.717) is 18.8 Å². The lowest BCUT2D eigenvalue weighted by Gasteiger charge is -2.32. The minimum Gasteiger partial charge on any atom is -0.469 e. The van der Waals surface area contributed by atoms with Crippen LogP contribution in [0.4, 0.5) is 8.78 Å². The van der Waals surface area contributed by atoms with Crippen LogP contribution in [0.5, 0.6) is 0 Å². The maximum atomic E-state index is 13.1. The highest BCUT2D eigenvalue weighted by atomic mass is 35.5. The SMILES string of the molecule is COC(=O)C1CCC(CNC2CCC(F)(F)CC2)CC1.Cl. The van der Waals surface area contributed by atoms with Gasteiger partial charge in [-0.25, -0.2) is 8.78 Å². The fourth-order valence-electron chi connectivity index (χ4n) is 3.35. The van der Waals surface area contributed by atoms with E-state index in [1.165, 1.54) is 7.11 Å². The van der Waals surface area contributed by atoms with E-state index in [4.69, 9.17) is 4.74 Å². The van der Waals surface area contributed by atoms with Crippen molar-refractivity contribution >= 4 is 18.4 Å². The molecule has 0 heterocycles. The fourth-order valence-corrected chi connectivity index (χ4v) is 3.35. The van der Waals surface area contributed by atoms with Crippen LogP contribution in [-0.4, -0.2) is 31.6 Å². The number of nitrogens with one attached hydrogen (secondary N) is 1. The summed E-state index contributed by atoms with van der Waals surface area (Å²) in [5.74, 6) is -1.91. The van der Waals surface area contributed by atoms with Crippen molar-refractivity contribution in [2.24, 2.45) is 11.8 Å². The summed E-state index contributed by atoms with van der Waals surface area (Å²) in [7, 11) is 1.44. The number of hydrogen-bond donors (Lipinski definition) is 1. The van der Waals surface area contributed by atoms with Gasteiger partial charge in [-0.3, -0.25) is 4.79 Å². The molecule has 0 unspecified atom stereocenters. The molecular weight excluding hydrogens is 300 g/mol. The zero-order valence-corrected chi connectivity index (χ0v) is 13.4. The van der Waals surface area contributed by atoms with Crippen molar-refractivity contribution < 1.29 is 18.3 Å². The van der Waals surface area contributed by atoms with Gasteiger partial charge in [-0.1, -0.05) is 0 Å². The minimum atomic E-state index is -2.45. The van der Waals surface area contributed by atoms with E-state index < -0.39 is 5.92 Å². The Morgan fingerprint density at radius 2 is 1.71 bits per heavy atom. The van der Waals surface area contributed by atoms with Crippen molar-refractivity contribution in [3.8, 4) is 0 Å². The molecule has 2 aliphatic rings. The lowest BCUT2D eigenvalue weighted by molar-refractivity contribution is -0.146. The molecule has 0 aromatic heterocycles. The second-order valence-electron chi connectivity index (χ2n) is 6.28. The van der Waals surface area contributed by atoms with E-state index >= 15 is 0 Å². The molecule has 2 rings (SSSR count). The van der Waals surface area contributed by atoms with Gasteiger partial charge in [0, 0.05) is 18.9 Å². The van der Waals surface area contributed by atoms with Crippen LogP contribution in [-0.2, 0) is 9.53 Å². The van der Waals surface area contributed by atoms with Gasteiger partial charge in [-0.15, -0.1) is 12.4 Å². The molecule has 2 aliphatic carbocycles. The molecule has 0 saturated heterocycles. The molecule has 0 aromatic carbocycles. The molecule has 0 atom stereocenters. The number of hydrogen-bond acceptors (Lipinski definition) is 3. The van der Waals surface area contributed by atoms with Gasteiger partial charge in [-0.2, -0.15) is 0 Å². The summed E-state index contributed by atoms with van der Waals surface area (Å²) in [6.45, 7) is 0.893. The Hall–Kier alpha value is -0.420. The minimum absolute atomic E-state index is 0. The van der Waals surface area contributed by atoms with Gasteiger partial charge in [0.05, 0.1) is 13.0 Å². The Balaban J connectivity index is 0.00000220. The summed E-state index contributed by atoms with van der Waals surface area (Å²) in [6.07, 6.45) is 5.00. The van der Waals surface area contributed by atoms with Crippen molar-refractivity contribution in [3.63, 3.8) is 0 Å². The topological polar surface area (TPSA) is 38.3 Å². The maximum Gasteiger partial charge on any atom is 0.308 e. The normalized spacial score (nSPS) is 29.5. The molecule has 0 radical (unpaired) electrons. The van der Waals surface area contributed by atoms with Crippen molar-refractivity contribution in [2.45, 2.75) is 63.3 Å². The molecule has 21 heavy (non-hydrogen) atoms. The van der Waals surface area contributed by atoms with Crippen LogP contribution in [0.25, 0.3) is 0 Å². The highest BCUT2D eigenvalue weighted by Crippen LogP contribution is 2.34. The third-order valence-corrected chi connectivity index (χ3v) is 4.79. The molecule has 0 amide bonds. The monoisotopic (exact) mass is 325 g/mol. The Morgan fingerprint density at radius 1 is 1.14 bits per heavy atom. The van der Waals surface area contributed by atoms with Gasteiger partial charge in [-0.05, 0) is 51.0 Å². The molecule has 0 spiro atoms. The van der Waals surface area contributed by atoms with Crippen molar-refractivity contribution in [3.05, 3.63) is 0 Å². The molecular formula is C15H26ClF2NO2. The third-order valence-electron chi connectivity index (χ3n) is 4.79. The third kappa shape index (κ3) is 5.70. The van der Waals surface area contributed by atoms with Crippen LogP contribution in [0, 0.1) is 11.8 Å². The Kier molecular flexibility index (Phi) is 7.34. The zero-order chi connectivity index (χ0) is 14.6. The average Bonchev–Trinajstić information content (AvgIpc) is 2.46. The molecule has 124 valence electrons. The number of carbonyl (C=O) groups is 1. The van der Waals surface area contributed by atoms with E-state index in [1.807, 2.05) is 0 Å². The molecule has 2 saturated carbocycles. The van der Waals surface area contributed by atoms with Crippen LogP contribution >= 0.6 is 12.4 Å².